The van der Waals surface area contributed by atoms with Gasteiger partial charge in [0.05, 0.1) is 0 Å². The minimum absolute atomic E-state index is 0.270. The summed E-state index contributed by atoms with van der Waals surface area (Å²) in [6, 6.07) is 4.16. The van der Waals surface area contributed by atoms with Crippen LogP contribution in [0.25, 0.3) is 0 Å². The second kappa shape index (κ2) is 4.56. The topological polar surface area (TPSA) is 24.9 Å². The second-order valence-electron chi connectivity index (χ2n) is 4.76. The van der Waals surface area contributed by atoms with E-state index in [-0.39, 0.29) is 5.41 Å². The third-order valence-corrected chi connectivity index (χ3v) is 2.54. The quantitative estimate of drug-likeness (QED) is 0.795. The van der Waals surface area contributed by atoms with Crippen LogP contribution in [0.3, 0.4) is 0 Å². The summed E-state index contributed by atoms with van der Waals surface area (Å²) in [6.45, 7) is 7.79. The number of likely N-dealkylation sites (N-methyl/N-ethyl adjacent to an activating group) is 1. The average Bonchev–Trinajstić information content (AvgIpc) is 2.14. The van der Waals surface area contributed by atoms with Crippen LogP contribution >= 0.6 is 0 Å². The fourth-order valence-corrected chi connectivity index (χ4v) is 1.71. The third kappa shape index (κ3) is 2.81. The fourth-order valence-electron chi connectivity index (χ4n) is 1.71. The van der Waals surface area contributed by atoms with Crippen molar-refractivity contribution < 1.29 is 0 Å². The minimum Gasteiger partial charge on any atom is -0.319 e. The summed E-state index contributed by atoms with van der Waals surface area (Å²) >= 11 is 0. The number of hydrogen-bond donors (Lipinski definition) is 1. The van der Waals surface area contributed by atoms with E-state index >= 15 is 0 Å². The van der Waals surface area contributed by atoms with Gasteiger partial charge in [0.15, 0.2) is 0 Å². The van der Waals surface area contributed by atoms with Crippen LogP contribution in [0.4, 0.5) is 0 Å². The molecule has 2 heteroatoms. The molecule has 0 spiro atoms. The van der Waals surface area contributed by atoms with E-state index in [0.717, 1.165) is 6.54 Å². The maximum absolute atomic E-state index is 4.17. The van der Waals surface area contributed by atoms with Crippen molar-refractivity contribution in [3.63, 3.8) is 0 Å². The normalized spacial score (nSPS) is 14.0. The highest BCUT2D eigenvalue weighted by Gasteiger charge is 2.25. The molecule has 1 heterocycles. The molecule has 1 aromatic heterocycles. The zero-order chi connectivity index (χ0) is 10.6. The molecule has 0 aliphatic carbocycles. The number of pyridine rings is 1. The SMILES string of the molecule is CNCC(c1cccnc1)C(C)(C)C. The Morgan fingerprint density at radius 1 is 1.43 bits per heavy atom. The van der Waals surface area contributed by atoms with E-state index in [1.807, 2.05) is 25.5 Å². The van der Waals surface area contributed by atoms with Gasteiger partial charge in [-0.1, -0.05) is 26.8 Å². The third-order valence-electron chi connectivity index (χ3n) is 2.54. The molecular weight excluding hydrogens is 172 g/mol. The Bertz CT molecular complexity index is 261. The summed E-state index contributed by atoms with van der Waals surface area (Å²) in [5.74, 6) is 0.515. The molecule has 0 radical (unpaired) electrons. The molecule has 0 fully saturated rings. The van der Waals surface area contributed by atoms with Gasteiger partial charge in [-0.3, -0.25) is 4.98 Å². The summed E-state index contributed by atoms with van der Waals surface area (Å²) in [7, 11) is 2.00. The molecule has 14 heavy (non-hydrogen) atoms. The van der Waals surface area contributed by atoms with Crippen molar-refractivity contribution in [3.05, 3.63) is 30.1 Å². The number of aromatic nitrogens is 1. The van der Waals surface area contributed by atoms with E-state index < -0.39 is 0 Å². The lowest BCUT2D eigenvalue weighted by molar-refractivity contribution is 0.313. The van der Waals surface area contributed by atoms with Crippen molar-refractivity contribution in [2.24, 2.45) is 5.41 Å². The van der Waals surface area contributed by atoms with Crippen molar-refractivity contribution in [1.29, 1.82) is 0 Å². The lowest BCUT2D eigenvalue weighted by atomic mass is 9.77. The predicted molar refractivity (Wildman–Crippen MR) is 60.4 cm³/mol. The predicted octanol–water partition coefficient (Wildman–Crippen LogP) is 2.43. The molecule has 0 saturated heterocycles. The summed E-state index contributed by atoms with van der Waals surface area (Å²) < 4.78 is 0. The van der Waals surface area contributed by atoms with E-state index in [1.54, 1.807) is 0 Å². The molecule has 1 unspecified atom stereocenters. The van der Waals surface area contributed by atoms with Crippen LogP contribution < -0.4 is 5.32 Å². The maximum Gasteiger partial charge on any atom is 0.0303 e. The molecule has 0 amide bonds. The van der Waals surface area contributed by atoms with Gasteiger partial charge in [-0.15, -0.1) is 0 Å². The molecule has 0 bridgehead atoms. The fraction of sp³-hybridized carbons (Fsp3) is 0.583. The van der Waals surface area contributed by atoms with Crippen LogP contribution in [0.2, 0.25) is 0 Å². The molecule has 1 atom stereocenters. The average molecular weight is 192 g/mol. The van der Waals surface area contributed by atoms with Crippen molar-refractivity contribution >= 4 is 0 Å². The smallest absolute Gasteiger partial charge is 0.0303 e. The van der Waals surface area contributed by atoms with Crippen LogP contribution in [-0.2, 0) is 0 Å². The standard InChI is InChI=1S/C12H20N2/c1-12(2,3)11(9-13-4)10-6-5-7-14-8-10/h5-8,11,13H,9H2,1-4H3. The molecule has 0 aromatic carbocycles. The van der Waals surface area contributed by atoms with Crippen molar-refractivity contribution in [3.8, 4) is 0 Å². The van der Waals surface area contributed by atoms with Crippen molar-refractivity contribution in [2.75, 3.05) is 13.6 Å². The zero-order valence-corrected chi connectivity index (χ0v) is 9.54. The molecular formula is C12H20N2. The zero-order valence-electron chi connectivity index (χ0n) is 9.54. The Hall–Kier alpha value is -0.890. The summed E-state index contributed by atoms with van der Waals surface area (Å²) in [5, 5.41) is 3.25. The highest BCUT2D eigenvalue weighted by molar-refractivity contribution is 5.17. The molecule has 0 saturated carbocycles. The monoisotopic (exact) mass is 192 g/mol. The summed E-state index contributed by atoms with van der Waals surface area (Å²) in [5.41, 5.74) is 1.58. The number of rotatable bonds is 3. The lowest BCUT2D eigenvalue weighted by Gasteiger charge is -2.30. The van der Waals surface area contributed by atoms with E-state index in [1.165, 1.54) is 5.56 Å². The van der Waals surface area contributed by atoms with E-state index in [4.69, 9.17) is 0 Å². The van der Waals surface area contributed by atoms with Crippen LogP contribution in [0.1, 0.15) is 32.3 Å². The molecule has 1 rings (SSSR count). The van der Waals surface area contributed by atoms with Gasteiger partial charge in [-0.05, 0) is 24.1 Å². The van der Waals surface area contributed by atoms with Gasteiger partial charge in [0, 0.05) is 24.9 Å². The van der Waals surface area contributed by atoms with Crippen molar-refractivity contribution in [2.45, 2.75) is 26.7 Å². The highest BCUT2D eigenvalue weighted by Crippen LogP contribution is 2.33. The maximum atomic E-state index is 4.17. The first-order chi connectivity index (χ1) is 6.55. The summed E-state index contributed by atoms with van der Waals surface area (Å²) in [6.07, 6.45) is 3.79. The van der Waals surface area contributed by atoms with Gasteiger partial charge in [-0.25, -0.2) is 0 Å². The molecule has 78 valence electrons. The number of nitrogens with one attached hydrogen (secondary N) is 1. The molecule has 2 nitrogen and oxygen atoms in total. The first kappa shape index (κ1) is 11.2. The van der Waals surface area contributed by atoms with Crippen molar-refractivity contribution in [1.82, 2.24) is 10.3 Å². The number of hydrogen-bond acceptors (Lipinski definition) is 2. The molecule has 1 N–H and O–H groups in total. The Balaban J connectivity index is 2.89. The summed E-state index contributed by atoms with van der Waals surface area (Å²) in [4.78, 5) is 4.17. The van der Waals surface area contributed by atoms with Gasteiger partial charge in [0.2, 0.25) is 0 Å². The minimum atomic E-state index is 0.270. The van der Waals surface area contributed by atoms with Crippen LogP contribution in [-0.4, -0.2) is 18.6 Å². The molecule has 1 aromatic rings. The Morgan fingerprint density at radius 3 is 2.57 bits per heavy atom. The van der Waals surface area contributed by atoms with E-state index in [9.17, 15) is 0 Å². The van der Waals surface area contributed by atoms with E-state index in [2.05, 4.69) is 37.1 Å². The van der Waals surface area contributed by atoms with Crippen LogP contribution in [0, 0.1) is 5.41 Å². The van der Waals surface area contributed by atoms with Gasteiger partial charge in [0.1, 0.15) is 0 Å². The van der Waals surface area contributed by atoms with Crippen LogP contribution in [0.5, 0.6) is 0 Å². The van der Waals surface area contributed by atoms with Gasteiger partial charge in [0.25, 0.3) is 0 Å². The largest absolute Gasteiger partial charge is 0.319 e. The van der Waals surface area contributed by atoms with E-state index in [0.29, 0.717) is 5.92 Å². The lowest BCUT2D eigenvalue weighted by Crippen LogP contribution is -2.28. The van der Waals surface area contributed by atoms with Crippen LogP contribution in [0.15, 0.2) is 24.5 Å². The highest BCUT2D eigenvalue weighted by atomic mass is 14.8. The van der Waals surface area contributed by atoms with Gasteiger partial charge >= 0.3 is 0 Å². The second-order valence-corrected chi connectivity index (χ2v) is 4.76. The Kier molecular flexibility index (Phi) is 3.64. The molecule has 0 aliphatic rings. The first-order valence-electron chi connectivity index (χ1n) is 5.10. The Morgan fingerprint density at radius 2 is 2.14 bits per heavy atom. The van der Waals surface area contributed by atoms with Gasteiger partial charge < -0.3 is 5.32 Å². The Labute approximate surface area is 86.8 Å². The number of nitrogens with zero attached hydrogens (tertiary/aromatic N) is 1. The molecule has 0 aliphatic heterocycles. The van der Waals surface area contributed by atoms with Gasteiger partial charge in [-0.2, -0.15) is 0 Å². The first-order valence-corrected chi connectivity index (χ1v) is 5.10.